The summed E-state index contributed by atoms with van der Waals surface area (Å²) in [5.74, 6) is -2.28. The second-order valence-electron chi connectivity index (χ2n) is 8.37. The molecule has 0 fully saturated rings. The van der Waals surface area contributed by atoms with Gasteiger partial charge in [-0.1, -0.05) is 28.4 Å². The van der Waals surface area contributed by atoms with E-state index in [0.29, 0.717) is 16.4 Å². The zero-order valence-corrected chi connectivity index (χ0v) is 22.2. The maximum Gasteiger partial charge on any atom is 0.328 e. The lowest BCUT2D eigenvalue weighted by Crippen LogP contribution is -2.50. The van der Waals surface area contributed by atoms with Crippen molar-refractivity contribution < 1.29 is 23.9 Å². The highest BCUT2D eigenvalue weighted by atomic mass is 35.5. The number of anilines is 1. The van der Waals surface area contributed by atoms with E-state index < -0.39 is 41.9 Å². The molecule has 0 bridgehead atoms. The number of ether oxygens (including phenoxy) is 2. The first-order valence-electron chi connectivity index (χ1n) is 10.8. The van der Waals surface area contributed by atoms with Crippen LogP contribution in [0.2, 0.25) is 10.2 Å². The molecule has 1 aromatic heterocycles. The van der Waals surface area contributed by atoms with Gasteiger partial charge in [-0.2, -0.15) is 0 Å². The molecule has 1 heterocycles. The molecule has 0 spiro atoms. The molecule has 2 amide bonds. The molecular weight excluding hydrogens is 521 g/mol. The van der Waals surface area contributed by atoms with E-state index in [1.165, 1.54) is 16.9 Å². The summed E-state index contributed by atoms with van der Waals surface area (Å²) in [5, 5.41) is 10.8. The Bertz CT molecular complexity index is 1040. The minimum atomic E-state index is -1.07. The number of alkyl halides is 1. The Morgan fingerprint density at radius 3 is 2.51 bits per heavy atom. The molecule has 0 aliphatic heterocycles. The third-order valence-corrected chi connectivity index (χ3v) is 5.19. The van der Waals surface area contributed by atoms with Crippen molar-refractivity contribution in [1.29, 1.82) is 0 Å². The number of carbonyl (C=O) groups is 3. The normalized spacial score (nSPS) is 12.2. The lowest BCUT2D eigenvalue weighted by atomic mass is 10.1. The molecule has 1 aromatic carbocycles. The zero-order chi connectivity index (χ0) is 26.2. The van der Waals surface area contributed by atoms with Gasteiger partial charge in [0.15, 0.2) is 5.15 Å². The first kappa shape index (κ1) is 28.8. The molecule has 0 saturated heterocycles. The van der Waals surface area contributed by atoms with Crippen LogP contribution in [0, 0.1) is 0 Å². The van der Waals surface area contributed by atoms with Gasteiger partial charge in [-0.05, 0) is 45.9 Å². The lowest BCUT2D eigenvalue weighted by Gasteiger charge is -2.30. The van der Waals surface area contributed by atoms with Gasteiger partial charge < -0.3 is 19.7 Å². The third-order valence-electron chi connectivity index (χ3n) is 4.55. The molecule has 35 heavy (non-hydrogen) atoms. The summed E-state index contributed by atoms with van der Waals surface area (Å²) in [6.07, 6.45) is 1.57. The van der Waals surface area contributed by atoms with Crippen molar-refractivity contribution in [2.24, 2.45) is 0 Å². The Morgan fingerprint density at radius 1 is 1.23 bits per heavy atom. The number of aromatic nitrogens is 3. The maximum atomic E-state index is 13.0. The molecule has 10 nitrogen and oxygen atoms in total. The second-order valence-corrected chi connectivity index (χ2v) is 9.46. The predicted molar refractivity (Wildman–Crippen MR) is 133 cm³/mol. The van der Waals surface area contributed by atoms with Gasteiger partial charge in [0.05, 0.1) is 29.8 Å². The molecular formula is C22H28Cl3N5O5. The Kier molecular flexibility index (Phi) is 10.8. The van der Waals surface area contributed by atoms with E-state index in [1.54, 1.807) is 19.1 Å². The van der Waals surface area contributed by atoms with Gasteiger partial charge in [0, 0.05) is 18.1 Å². The van der Waals surface area contributed by atoms with Crippen LogP contribution in [0.4, 0.5) is 5.69 Å². The number of hydrogen-bond donors (Lipinski definition) is 1. The highest BCUT2D eigenvalue weighted by Gasteiger charge is 2.32. The molecule has 1 N–H and O–H groups in total. The lowest BCUT2D eigenvalue weighted by molar-refractivity contribution is -0.156. The monoisotopic (exact) mass is 547 g/mol. The maximum absolute atomic E-state index is 13.0. The Balaban J connectivity index is 2.27. The van der Waals surface area contributed by atoms with E-state index in [0.717, 1.165) is 4.90 Å². The first-order valence-corrected chi connectivity index (χ1v) is 12.1. The van der Waals surface area contributed by atoms with Crippen LogP contribution in [-0.4, -0.2) is 75.0 Å². The van der Waals surface area contributed by atoms with Gasteiger partial charge in [-0.25, -0.2) is 9.48 Å². The fraction of sp³-hybridized carbons (Fsp3) is 0.500. The van der Waals surface area contributed by atoms with Crippen molar-refractivity contribution in [3.8, 4) is 5.69 Å². The molecule has 192 valence electrons. The molecule has 0 aliphatic carbocycles. The minimum Gasteiger partial charge on any atom is -0.464 e. The number of benzene rings is 1. The molecule has 0 radical (unpaired) electrons. The smallest absolute Gasteiger partial charge is 0.328 e. The van der Waals surface area contributed by atoms with Crippen LogP contribution in [-0.2, 0) is 23.9 Å². The summed E-state index contributed by atoms with van der Waals surface area (Å²) in [5.41, 5.74) is 0.287. The summed E-state index contributed by atoms with van der Waals surface area (Å²) >= 11 is 17.8. The second kappa shape index (κ2) is 13.1. The predicted octanol–water partition coefficient (Wildman–Crippen LogP) is 3.72. The Morgan fingerprint density at radius 2 is 1.94 bits per heavy atom. The van der Waals surface area contributed by atoms with Crippen LogP contribution in [0.15, 0.2) is 24.4 Å². The molecule has 0 aliphatic rings. The van der Waals surface area contributed by atoms with Crippen LogP contribution in [0.25, 0.3) is 5.69 Å². The van der Waals surface area contributed by atoms with E-state index in [4.69, 9.17) is 44.3 Å². The number of esters is 1. The van der Waals surface area contributed by atoms with Crippen molar-refractivity contribution in [3.63, 3.8) is 0 Å². The zero-order valence-electron chi connectivity index (χ0n) is 19.9. The minimum absolute atomic E-state index is 0.108. The van der Waals surface area contributed by atoms with Crippen LogP contribution < -0.4 is 5.32 Å². The highest BCUT2D eigenvalue weighted by Crippen LogP contribution is 2.25. The number of rotatable bonds is 11. The number of hydrogen-bond acceptors (Lipinski definition) is 7. The van der Waals surface area contributed by atoms with Gasteiger partial charge in [0.2, 0.25) is 11.8 Å². The molecule has 2 rings (SSSR count). The summed E-state index contributed by atoms with van der Waals surface area (Å²) < 4.78 is 12.2. The van der Waals surface area contributed by atoms with Crippen molar-refractivity contribution in [3.05, 3.63) is 34.6 Å². The molecule has 0 saturated carbocycles. The van der Waals surface area contributed by atoms with Gasteiger partial charge in [-0.15, -0.1) is 16.7 Å². The van der Waals surface area contributed by atoms with E-state index in [1.807, 2.05) is 20.8 Å². The standard InChI is InChI=1S/C22H28Cl3N5O5/c1-5-34-21(33)17(8-9-35-22(2,3)4)29(20(32)11-23)13-19(31)26-15-10-14(24)6-7-16(15)30-12-18(25)27-28-30/h6-7,10,12,17H,5,8-9,11,13H2,1-4H3,(H,26,31). The molecule has 1 unspecified atom stereocenters. The number of halogens is 3. The van der Waals surface area contributed by atoms with Crippen molar-refractivity contribution in [2.75, 3.05) is 31.0 Å². The topological polar surface area (TPSA) is 116 Å². The van der Waals surface area contributed by atoms with Crippen LogP contribution in [0.5, 0.6) is 0 Å². The van der Waals surface area contributed by atoms with E-state index in [9.17, 15) is 14.4 Å². The molecule has 1 atom stereocenters. The molecule has 2 aromatic rings. The van der Waals surface area contributed by atoms with Crippen LogP contribution in [0.3, 0.4) is 0 Å². The number of nitrogens with one attached hydrogen (secondary N) is 1. The highest BCUT2D eigenvalue weighted by molar-refractivity contribution is 6.31. The Hall–Kier alpha value is -2.40. The van der Waals surface area contributed by atoms with E-state index in [-0.39, 0.29) is 24.8 Å². The fourth-order valence-corrected chi connectivity index (χ4v) is 3.53. The summed E-state index contributed by atoms with van der Waals surface area (Å²) in [4.78, 5) is 39.5. The number of nitrogens with zero attached hydrogens (tertiary/aromatic N) is 4. The van der Waals surface area contributed by atoms with Gasteiger partial charge >= 0.3 is 5.97 Å². The first-order chi connectivity index (χ1) is 16.4. The van der Waals surface area contributed by atoms with E-state index >= 15 is 0 Å². The average Bonchev–Trinajstić information content (AvgIpc) is 3.20. The van der Waals surface area contributed by atoms with Crippen LogP contribution in [0.1, 0.15) is 34.1 Å². The third kappa shape index (κ3) is 8.96. The summed E-state index contributed by atoms with van der Waals surface area (Å²) in [6, 6.07) is 3.67. The fourth-order valence-electron chi connectivity index (χ4n) is 3.08. The summed E-state index contributed by atoms with van der Waals surface area (Å²) in [7, 11) is 0. The number of carbonyl (C=O) groups excluding carboxylic acids is 3. The van der Waals surface area contributed by atoms with Gasteiger partial charge in [-0.3, -0.25) is 9.59 Å². The van der Waals surface area contributed by atoms with Crippen molar-refractivity contribution in [1.82, 2.24) is 19.9 Å². The van der Waals surface area contributed by atoms with Gasteiger partial charge in [0.1, 0.15) is 18.5 Å². The molecule has 13 heteroatoms. The number of amides is 2. The largest absolute Gasteiger partial charge is 0.464 e. The SMILES string of the molecule is CCOC(=O)C(CCOC(C)(C)C)N(CC(=O)Nc1cc(Cl)ccc1-n1cc(Cl)nn1)C(=O)CCl. The van der Waals surface area contributed by atoms with Crippen molar-refractivity contribution in [2.45, 2.75) is 45.8 Å². The average molecular weight is 549 g/mol. The van der Waals surface area contributed by atoms with E-state index in [2.05, 4.69) is 15.6 Å². The quantitative estimate of drug-likeness (QED) is 0.336. The Labute approximate surface area is 218 Å². The summed E-state index contributed by atoms with van der Waals surface area (Å²) in [6.45, 7) is 7.06. The van der Waals surface area contributed by atoms with Gasteiger partial charge in [0.25, 0.3) is 0 Å². The van der Waals surface area contributed by atoms with Crippen molar-refractivity contribution >= 4 is 58.3 Å². The van der Waals surface area contributed by atoms with Crippen LogP contribution >= 0.6 is 34.8 Å².